The van der Waals surface area contributed by atoms with Gasteiger partial charge in [0.1, 0.15) is 12.3 Å². The van der Waals surface area contributed by atoms with Crippen LogP contribution in [0.3, 0.4) is 0 Å². The van der Waals surface area contributed by atoms with Crippen LogP contribution < -0.4 is 15.0 Å². The lowest BCUT2D eigenvalue weighted by atomic mass is 10.0. The maximum Gasteiger partial charge on any atom is 0.325 e. The first kappa shape index (κ1) is 21.2. The van der Waals surface area contributed by atoms with Crippen LogP contribution in [0.15, 0.2) is 24.3 Å². The molecule has 0 unspecified atom stereocenters. The molecule has 1 atom stereocenters. The molecule has 0 aliphatic carbocycles. The zero-order valence-corrected chi connectivity index (χ0v) is 17.4. The van der Waals surface area contributed by atoms with Crippen molar-refractivity contribution in [1.82, 2.24) is 15.1 Å². The molecule has 1 N–H and O–H groups in total. The highest BCUT2D eigenvalue weighted by atomic mass is 16.5. The van der Waals surface area contributed by atoms with Crippen LogP contribution >= 0.6 is 0 Å². The van der Waals surface area contributed by atoms with E-state index in [1.54, 1.807) is 14.0 Å². The normalized spacial score (nSPS) is 20.3. The number of piperidine rings is 1. The predicted molar refractivity (Wildman–Crippen MR) is 111 cm³/mol. The van der Waals surface area contributed by atoms with Crippen LogP contribution in [0.1, 0.15) is 19.8 Å². The quantitative estimate of drug-likeness (QED) is 0.726. The van der Waals surface area contributed by atoms with Gasteiger partial charge in [-0.2, -0.15) is 0 Å². The Balaban J connectivity index is 1.46. The Morgan fingerprint density at radius 1 is 1.10 bits per heavy atom. The van der Waals surface area contributed by atoms with E-state index in [0.717, 1.165) is 51.3 Å². The molecule has 2 saturated heterocycles. The summed E-state index contributed by atoms with van der Waals surface area (Å²) in [6.07, 6.45) is 2.08. The van der Waals surface area contributed by atoms with Crippen LogP contribution in [0.5, 0.6) is 5.75 Å². The Kier molecular flexibility index (Phi) is 7.57. The second kappa shape index (κ2) is 10.3. The van der Waals surface area contributed by atoms with Gasteiger partial charge in [0.15, 0.2) is 0 Å². The van der Waals surface area contributed by atoms with Crippen molar-refractivity contribution < 1.29 is 19.1 Å². The zero-order valence-electron chi connectivity index (χ0n) is 17.4. The molecule has 1 aromatic rings. The van der Waals surface area contributed by atoms with Crippen molar-refractivity contribution in [2.24, 2.45) is 0 Å². The van der Waals surface area contributed by atoms with Gasteiger partial charge >= 0.3 is 12.0 Å². The molecule has 0 radical (unpaired) electrons. The SMILES string of the molecule is CCOC(=O)CNC(=O)N1CCC[C@H](N2CCN(c3ccc(OC)cc3)CC2)C1. The van der Waals surface area contributed by atoms with Gasteiger partial charge in [-0.3, -0.25) is 9.69 Å². The number of rotatable bonds is 6. The van der Waals surface area contributed by atoms with Gasteiger partial charge in [0.2, 0.25) is 0 Å². The van der Waals surface area contributed by atoms with Crippen LogP contribution in [0.2, 0.25) is 0 Å². The molecule has 3 rings (SSSR count). The third-order valence-electron chi connectivity index (χ3n) is 5.64. The third-order valence-corrected chi connectivity index (χ3v) is 5.64. The summed E-state index contributed by atoms with van der Waals surface area (Å²) in [5, 5.41) is 2.67. The Bertz CT molecular complexity index is 674. The molecule has 160 valence electrons. The van der Waals surface area contributed by atoms with E-state index in [4.69, 9.17) is 9.47 Å². The number of piperazine rings is 1. The van der Waals surface area contributed by atoms with Gasteiger partial charge in [-0.15, -0.1) is 0 Å². The number of carbonyl (C=O) groups excluding carboxylic acids is 2. The first-order valence-corrected chi connectivity index (χ1v) is 10.4. The first-order chi connectivity index (χ1) is 14.1. The lowest BCUT2D eigenvalue weighted by Gasteiger charge is -2.43. The second-order valence-corrected chi connectivity index (χ2v) is 7.43. The van der Waals surface area contributed by atoms with Crippen LogP contribution in [0.25, 0.3) is 0 Å². The van der Waals surface area contributed by atoms with Crippen molar-refractivity contribution in [2.75, 3.05) is 64.4 Å². The molecule has 0 bridgehead atoms. The number of likely N-dealkylation sites (tertiary alicyclic amines) is 1. The van der Waals surface area contributed by atoms with E-state index in [-0.39, 0.29) is 12.6 Å². The van der Waals surface area contributed by atoms with Gasteiger partial charge in [0, 0.05) is 51.0 Å². The van der Waals surface area contributed by atoms with Crippen LogP contribution in [-0.4, -0.2) is 87.4 Å². The van der Waals surface area contributed by atoms with Crippen LogP contribution in [0, 0.1) is 0 Å². The van der Waals surface area contributed by atoms with Crippen molar-refractivity contribution in [2.45, 2.75) is 25.8 Å². The minimum atomic E-state index is -0.399. The monoisotopic (exact) mass is 404 g/mol. The molecule has 0 saturated carbocycles. The Morgan fingerprint density at radius 3 is 2.48 bits per heavy atom. The van der Waals surface area contributed by atoms with E-state index < -0.39 is 5.97 Å². The highest BCUT2D eigenvalue weighted by Gasteiger charge is 2.30. The summed E-state index contributed by atoms with van der Waals surface area (Å²) in [5.74, 6) is 0.472. The molecular formula is C21H32N4O4. The maximum atomic E-state index is 12.4. The van der Waals surface area contributed by atoms with Gasteiger partial charge < -0.3 is 24.6 Å². The number of carbonyl (C=O) groups is 2. The number of ether oxygens (including phenoxy) is 2. The number of hydrogen-bond donors (Lipinski definition) is 1. The maximum absolute atomic E-state index is 12.4. The van der Waals surface area contributed by atoms with Crippen LogP contribution in [0.4, 0.5) is 10.5 Å². The molecule has 2 heterocycles. The van der Waals surface area contributed by atoms with Gasteiger partial charge in [0.25, 0.3) is 0 Å². The summed E-state index contributed by atoms with van der Waals surface area (Å²) >= 11 is 0. The molecule has 1 aromatic carbocycles. The summed E-state index contributed by atoms with van der Waals surface area (Å²) in [4.78, 5) is 30.5. The summed E-state index contributed by atoms with van der Waals surface area (Å²) in [5.41, 5.74) is 1.22. The number of amides is 2. The van der Waals surface area contributed by atoms with Gasteiger partial charge in [-0.1, -0.05) is 0 Å². The van der Waals surface area contributed by atoms with Gasteiger partial charge in [-0.05, 0) is 44.0 Å². The average molecular weight is 405 g/mol. The summed E-state index contributed by atoms with van der Waals surface area (Å²) in [6.45, 7) is 7.34. The van der Waals surface area contributed by atoms with Crippen LogP contribution in [-0.2, 0) is 9.53 Å². The fourth-order valence-electron chi connectivity index (χ4n) is 4.05. The molecule has 2 aliphatic heterocycles. The summed E-state index contributed by atoms with van der Waals surface area (Å²) in [7, 11) is 1.68. The van der Waals surface area contributed by atoms with Crippen molar-refractivity contribution in [3.05, 3.63) is 24.3 Å². The fourth-order valence-corrected chi connectivity index (χ4v) is 4.05. The van der Waals surface area contributed by atoms with E-state index in [1.807, 2.05) is 17.0 Å². The molecule has 0 aromatic heterocycles. The molecule has 2 aliphatic rings. The highest BCUT2D eigenvalue weighted by molar-refractivity contribution is 5.80. The molecule has 29 heavy (non-hydrogen) atoms. The van der Waals surface area contributed by atoms with E-state index in [2.05, 4.69) is 27.2 Å². The number of hydrogen-bond acceptors (Lipinski definition) is 6. The van der Waals surface area contributed by atoms with E-state index in [1.165, 1.54) is 5.69 Å². The number of urea groups is 1. The number of nitrogens with zero attached hydrogens (tertiary/aromatic N) is 3. The van der Waals surface area contributed by atoms with E-state index >= 15 is 0 Å². The lowest BCUT2D eigenvalue weighted by Crippen LogP contribution is -2.57. The molecule has 2 fully saturated rings. The predicted octanol–water partition coefficient (Wildman–Crippen LogP) is 1.55. The average Bonchev–Trinajstić information content (AvgIpc) is 2.78. The number of esters is 1. The minimum absolute atomic E-state index is 0.0750. The molecular weight excluding hydrogens is 372 g/mol. The largest absolute Gasteiger partial charge is 0.497 e. The Hall–Kier alpha value is -2.48. The summed E-state index contributed by atoms with van der Waals surface area (Å²) < 4.78 is 10.1. The van der Waals surface area contributed by atoms with Crippen molar-refractivity contribution in [3.63, 3.8) is 0 Å². The van der Waals surface area contributed by atoms with E-state index in [9.17, 15) is 9.59 Å². The second-order valence-electron chi connectivity index (χ2n) is 7.43. The number of anilines is 1. The van der Waals surface area contributed by atoms with Crippen molar-refractivity contribution in [3.8, 4) is 5.75 Å². The number of nitrogens with one attached hydrogen (secondary N) is 1. The number of methoxy groups -OCH3 is 1. The summed E-state index contributed by atoms with van der Waals surface area (Å²) in [6, 6.07) is 8.38. The molecule has 8 heteroatoms. The third kappa shape index (κ3) is 5.76. The fraction of sp³-hybridized carbons (Fsp3) is 0.619. The van der Waals surface area contributed by atoms with Gasteiger partial charge in [-0.25, -0.2) is 4.79 Å². The Morgan fingerprint density at radius 2 is 1.83 bits per heavy atom. The van der Waals surface area contributed by atoms with Crippen molar-refractivity contribution in [1.29, 1.82) is 0 Å². The van der Waals surface area contributed by atoms with Gasteiger partial charge in [0.05, 0.1) is 13.7 Å². The number of benzene rings is 1. The smallest absolute Gasteiger partial charge is 0.325 e. The molecule has 2 amide bonds. The zero-order chi connectivity index (χ0) is 20.6. The molecule has 8 nitrogen and oxygen atoms in total. The standard InChI is InChI=1S/C21H32N4O4/c1-3-29-20(26)15-22-21(27)25-10-4-5-18(16-25)24-13-11-23(12-14-24)17-6-8-19(28-2)9-7-17/h6-9,18H,3-5,10-16H2,1-2H3,(H,22,27)/t18-/m0/s1. The first-order valence-electron chi connectivity index (χ1n) is 10.4. The Labute approximate surface area is 172 Å². The lowest BCUT2D eigenvalue weighted by molar-refractivity contribution is -0.141. The van der Waals surface area contributed by atoms with E-state index in [0.29, 0.717) is 19.2 Å². The van der Waals surface area contributed by atoms with Crippen molar-refractivity contribution >= 4 is 17.7 Å². The molecule has 0 spiro atoms. The topological polar surface area (TPSA) is 74.4 Å². The highest BCUT2D eigenvalue weighted by Crippen LogP contribution is 2.23. The minimum Gasteiger partial charge on any atom is -0.497 e.